The molecule has 0 spiro atoms. The van der Waals surface area contributed by atoms with Crippen LogP contribution in [0.1, 0.15) is 22.9 Å². The molecule has 2 aromatic rings. The van der Waals surface area contributed by atoms with E-state index in [1.165, 1.54) is 0 Å². The van der Waals surface area contributed by atoms with Gasteiger partial charge < -0.3 is 9.84 Å². The molecular formula is C14H18N2O2. The van der Waals surface area contributed by atoms with Gasteiger partial charge in [0.1, 0.15) is 0 Å². The summed E-state index contributed by atoms with van der Waals surface area (Å²) in [6.07, 6.45) is -0.0416. The highest BCUT2D eigenvalue weighted by molar-refractivity contribution is 5.34. The number of ether oxygens (including phenoxy) is 1. The molecule has 0 radical (unpaired) electrons. The van der Waals surface area contributed by atoms with Crippen LogP contribution in [0.3, 0.4) is 0 Å². The lowest BCUT2D eigenvalue weighted by Crippen LogP contribution is -2.05. The average molecular weight is 246 g/mol. The fourth-order valence-corrected chi connectivity index (χ4v) is 2.22. The number of hydrogen-bond acceptors (Lipinski definition) is 3. The third-order valence-electron chi connectivity index (χ3n) is 3.01. The van der Waals surface area contributed by atoms with Crippen molar-refractivity contribution in [3.8, 4) is 5.88 Å². The number of hydrogen-bond donors (Lipinski definition) is 1. The molecule has 0 amide bonds. The first kappa shape index (κ1) is 12.6. The lowest BCUT2D eigenvalue weighted by molar-refractivity contribution is 0.172. The molecule has 0 aliphatic rings. The lowest BCUT2D eigenvalue weighted by Gasteiger charge is -2.12. The van der Waals surface area contributed by atoms with Gasteiger partial charge in [-0.2, -0.15) is 5.10 Å². The summed E-state index contributed by atoms with van der Waals surface area (Å²) < 4.78 is 6.95. The molecular weight excluding hydrogens is 228 g/mol. The van der Waals surface area contributed by atoms with Crippen LogP contribution in [0.4, 0.5) is 0 Å². The van der Waals surface area contributed by atoms with Crippen molar-refractivity contribution in [1.29, 1.82) is 0 Å². The highest BCUT2D eigenvalue weighted by Crippen LogP contribution is 2.29. The van der Waals surface area contributed by atoms with E-state index in [4.69, 9.17) is 4.74 Å². The molecule has 0 fully saturated rings. The molecule has 0 saturated heterocycles. The minimum atomic E-state index is -0.601. The Bertz CT molecular complexity index is 520. The van der Waals surface area contributed by atoms with Gasteiger partial charge in [0.15, 0.2) is 0 Å². The van der Waals surface area contributed by atoms with E-state index in [1.54, 1.807) is 11.8 Å². The normalized spacial score (nSPS) is 12.4. The van der Waals surface area contributed by atoms with E-state index in [9.17, 15) is 5.11 Å². The van der Waals surface area contributed by atoms with Gasteiger partial charge in [0.25, 0.3) is 0 Å². The maximum absolute atomic E-state index is 10.3. The number of methoxy groups -OCH3 is 1. The zero-order valence-electron chi connectivity index (χ0n) is 10.9. The van der Waals surface area contributed by atoms with E-state index in [2.05, 4.69) is 5.10 Å². The molecule has 2 rings (SSSR count). The van der Waals surface area contributed by atoms with Crippen molar-refractivity contribution in [2.75, 3.05) is 7.11 Å². The fraction of sp³-hybridized carbons (Fsp3) is 0.357. The smallest absolute Gasteiger partial charge is 0.217 e. The van der Waals surface area contributed by atoms with Crippen LogP contribution >= 0.6 is 0 Å². The van der Waals surface area contributed by atoms with Crippen LogP contribution in [0.15, 0.2) is 30.3 Å². The Hall–Kier alpha value is -1.81. The van der Waals surface area contributed by atoms with Crippen molar-refractivity contribution in [3.63, 3.8) is 0 Å². The van der Waals surface area contributed by atoms with Crippen molar-refractivity contribution in [2.45, 2.75) is 19.4 Å². The van der Waals surface area contributed by atoms with Crippen LogP contribution in [0.25, 0.3) is 0 Å². The molecule has 1 N–H and O–H groups in total. The third kappa shape index (κ3) is 2.38. The van der Waals surface area contributed by atoms with Crippen LogP contribution in [0.5, 0.6) is 5.88 Å². The number of aryl methyl sites for hydroxylation is 2. The molecule has 0 aliphatic carbocycles. The van der Waals surface area contributed by atoms with Crippen molar-refractivity contribution >= 4 is 0 Å². The van der Waals surface area contributed by atoms with Gasteiger partial charge in [-0.25, -0.2) is 4.68 Å². The predicted molar refractivity (Wildman–Crippen MR) is 69.6 cm³/mol. The van der Waals surface area contributed by atoms with Crippen LogP contribution in [0.2, 0.25) is 0 Å². The van der Waals surface area contributed by atoms with E-state index in [-0.39, 0.29) is 0 Å². The average Bonchev–Trinajstić information content (AvgIpc) is 2.64. The summed E-state index contributed by atoms with van der Waals surface area (Å²) in [4.78, 5) is 0. The standard InChI is InChI=1S/C14H18N2O2/c1-10-13(14(18-3)16(2)15-10)12(17)9-11-7-5-4-6-8-11/h4-8,12,17H,9H2,1-3H3. The van der Waals surface area contributed by atoms with E-state index in [1.807, 2.05) is 44.3 Å². The third-order valence-corrected chi connectivity index (χ3v) is 3.01. The van der Waals surface area contributed by atoms with Crippen LogP contribution in [-0.4, -0.2) is 22.0 Å². The van der Waals surface area contributed by atoms with Crippen LogP contribution in [-0.2, 0) is 13.5 Å². The van der Waals surface area contributed by atoms with E-state index in [0.29, 0.717) is 12.3 Å². The molecule has 0 bridgehead atoms. The Kier molecular flexibility index (Phi) is 3.67. The first-order valence-electron chi connectivity index (χ1n) is 5.93. The highest BCUT2D eigenvalue weighted by Gasteiger charge is 2.21. The second-order valence-corrected chi connectivity index (χ2v) is 4.34. The molecule has 1 heterocycles. The van der Waals surface area contributed by atoms with Gasteiger partial charge in [0, 0.05) is 13.5 Å². The zero-order chi connectivity index (χ0) is 13.1. The second kappa shape index (κ2) is 5.23. The number of aromatic nitrogens is 2. The van der Waals surface area contributed by atoms with E-state index in [0.717, 1.165) is 16.8 Å². The van der Waals surface area contributed by atoms with Gasteiger partial charge in [-0.15, -0.1) is 0 Å². The quantitative estimate of drug-likeness (QED) is 0.897. The van der Waals surface area contributed by atoms with Gasteiger partial charge in [-0.1, -0.05) is 30.3 Å². The Morgan fingerprint density at radius 1 is 1.33 bits per heavy atom. The molecule has 1 atom stereocenters. The largest absolute Gasteiger partial charge is 0.481 e. The lowest BCUT2D eigenvalue weighted by atomic mass is 10.0. The summed E-state index contributed by atoms with van der Waals surface area (Å²) in [6, 6.07) is 9.90. The molecule has 1 aromatic heterocycles. The molecule has 96 valence electrons. The summed E-state index contributed by atoms with van der Waals surface area (Å²) in [7, 11) is 3.40. The molecule has 0 aliphatic heterocycles. The fourth-order valence-electron chi connectivity index (χ4n) is 2.22. The topological polar surface area (TPSA) is 47.3 Å². The van der Waals surface area contributed by atoms with Crippen molar-refractivity contribution < 1.29 is 9.84 Å². The summed E-state index contributed by atoms with van der Waals surface area (Å²) >= 11 is 0. The zero-order valence-corrected chi connectivity index (χ0v) is 10.9. The molecule has 0 saturated carbocycles. The van der Waals surface area contributed by atoms with Gasteiger partial charge in [0.05, 0.1) is 24.5 Å². The van der Waals surface area contributed by atoms with E-state index < -0.39 is 6.10 Å². The summed E-state index contributed by atoms with van der Waals surface area (Å²) in [5.74, 6) is 0.621. The highest BCUT2D eigenvalue weighted by atomic mass is 16.5. The second-order valence-electron chi connectivity index (χ2n) is 4.34. The number of benzene rings is 1. The Morgan fingerprint density at radius 2 is 2.00 bits per heavy atom. The number of aliphatic hydroxyl groups excluding tert-OH is 1. The first-order valence-corrected chi connectivity index (χ1v) is 5.93. The first-order chi connectivity index (χ1) is 8.63. The van der Waals surface area contributed by atoms with Gasteiger partial charge >= 0.3 is 0 Å². The molecule has 4 nitrogen and oxygen atoms in total. The Labute approximate surface area is 107 Å². The molecule has 18 heavy (non-hydrogen) atoms. The van der Waals surface area contributed by atoms with E-state index >= 15 is 0 Å². The number of nitrogens with zero attached hydrogens (tertiary/aromatic N) is 2. The van der Waals surface area contributed by atoms with Crippen molar-refractivity contribution in [3.05, 3.63) is 47.2 Å². The SMILES string of the molecule is COc1c(C(O)Cc2ccccc2)c(C)nn1C. The minimum absolute atomic E-state index is 0.559. The molecule has 1 aromatic carbocycles. The minimum Gasteiger partial charge on any atom is -0.481 e. The summed E-state index contributed by atoms with van der Waals surface area (Å²) in [6.45, 7) is 1.88. The summed E-state index contributed by atoms with van der Waals surface area (Å²) in [5, 5.41) is 14.6. The number of aliphatic hydroxyl groups is 1. The predicted octanol–water partition coefficient (Wildman–Crippen LogP) is 2.01. The molecule has 4 heteroatoms. The van der Waals surface area contributed by atoms with Crippen molar-refractivity contribution in [1.82, 2.24) is 9.78 Å². The van der Waals surface area contributed by atoms with Crippen molar-refractivity contribution in [2.24, 2.45) is 7.05 Å². The Morgan fingerprint density at radius 3 is 2.61 bits per heavy atom. The van der Waals surface area contributed by atoms with Crippen LogP contribution in [0, 0.1) is 6.92 Å². The van der Waals surface area contributed by atoms with Gasteiger partial charge in [-0.05, 0) is 12.5 Å². The number of rotatable bonds is 4. The monoisotopic (exact) mass is 246 g/mol. The maximum atomic E-state index is 10.3. The van der Waals surface area contributed by atoms with Crippen LogP contribution < -0.4 is 4.74 Å². The van der Waals surface area contributed by atoms with Gasteiger partial charge in [-0.3, -0.25) is 0 Å². The Balaban J connectivity index is 2.26. The maximum Gasteiger partial charge on any atom is 0.217 e. The summed E-state index contributed by atoms with van der Waals surface area (Å²) in [5.41, 5.74) is 2.66. The van der Waals surface area contributed by atoms with Gasteiger partial charge in [0.2, 0.25) is 5.88 Å². The molecule has 1 unspecified atom stereocenters.